The van der Waals surface area contributed by atoms with E-state index < -0.39 is 5.41 Å². The number of para-hydroxylation sites is 2. The van der Waals surface area contributed by atoms with Gasteiger partial charge < -0.3 is 9.47 Å². The molecule has 0 amide bonds. The van der Waals surface area contributed by atoms with Crippen LogP contribution in [0.1, 0.15) is 22.3 Å². The summed E-state index contributed by atoms with van der Waals surface area (Å²) in [6.07, 6.45) is 0. The predicted octanol–water partition coefficient (Wildman–Crippen LogP) is 16.7. The van der Waals surface area contributed by atoms with Crippen LogP contribution in [0.4, 0.5) is 17.1 Å². The smallest absolute Gasteiger partial charge is 0.0714 e. The molecule has 2 heterocycles. The second kappa shape index (κ2) is 14.6. The monoisotopic (exact) mass is 832 g/mol. The highest BCUT2D eigenvalue weighted by Crippen LogP contribution is 2.57. The maximum atomic E-state index is 2.46. The topological polar surface area (TPSA) is 8.17 Å². The highest BCUT2D eigenvalue weighted by Gasteiger charge is 2.46. The van der Waals surface area contributed by atoms with Gasteiger partial charge in [-0.3, -0.25) is 0 Å². The number of aromatic nitrogens is 1. The summed E-state index contributed by atoms with van der Waals surface area (Å²) in [5.41, 5.74) is 16.5. The Labute approximate surface area is 376 Å². The van der Waals surface area contributed by atoms with Crippen molar-refractivity contribution in [2.24, 2.45) is 0 Å². The highest BCUT2D eigenvalue weighted by molar-refractivity contribution is 7.25. The SMILES string of the molecule is c1ccc(C2(c3ccccc3)c3ccccc3-c3ccc(N(c4ccc(-c5ccc(-n6c7ccccc7c7ccccc76)cc5)cc4)c4ccc5sc6ccccc6c5c4)cc32)cc1. The lowest BCUT2D eigenvalue weighted by molar-refractivity contribution is 0.768. The minimum Gasteiger partial charge on any atom is -0.310 e. The Morgan fingerprint density at radius 3 is 1.53 bits per heavy atom. The van der Waals surface area contributed by atoms with Gasteiger partial charge in [0.15, 0.2) is 0 Å². The van der Waals surface area contributed by atoms with E-state index in [2.05, 4.69) is 252 Å². The molecular formula is C61H40N2S. The van der Waals surface area contributed by atoms with E-state index in [9.17, 15) is 0 Å². The summed E-state index contributed by atoms with van der Waals surface area (Å²) in [6.45, 7) is 0. The number of hydrogen-bond acceptors (Lipinski definition) is 2. The molecule has 300 valence electrons. The van der Waals surface area contributed by atoms with E-state index in [1.54, 1.807) is 0 Å². The van der Waals surface area contributed by atoms with E-state index in [-0.39, 0.29) is 0 Å². The summed E-state index contributed by atoms with van der Waals surface area (Å²) < 4.78 is 4.98. The molecule has 2 aromatic heterocycles. The molecule has 0 saturated heterocycles. The first-order valence-corrected chi connectivity index (χ1v) is 22.8. The zero-order chi connectivity index (χ0) is 42.2. The molecule has 64 heavy (non-hydrogen) atoms. The first-order chi connectivity index (χ1) is 31.7. The molecule has 3 heteroatoms. The van der Waals surface area contributed by atoms with Crippen molar-refractivity contribution in [1.29, 1.82) is 0 Å². The third-order valence-electron chi connectivity index (χ3n) is 13.5. The molecule has 0 fully saturated rings. The Kier molecular flexibility index (Phi) is 8.34. The highest BCUT2D eigenvalue weighted by atomic mass is 32.1. The van der Waals surface area contributed by atoms with Crippen LogP contribution in [0.15, 0.2) is 243 Å². The summed E-state index contributed by atoms with van der Waals surface area (Å²) in [5, 5.41) is 5.11. The molecular weight excluding hydrogens is 793 g/mol. The molecule has 0 atom stereocenters. The third-order valence-corrected chi connectivity index (χ3v) is 14.6. The molecule has 1 aliphatic carbocycles. The average Bonchev–Trinajstić information content (AvgIpc) is 4.01. The van der Waals surface area contributed by atoms with Crippen LogP contribution in [0.2, 0.25) is 0 Å². The Balaban J connectivity index is 0.963. The standard InChI is InChI=1S/C61H40N2S/c1-3-15-43(16-4-1)61(44-17-5-2-6-18-44)55-23-11-7-19-49(55)50-37-35-48(40-56(50)61)62(47-36-38-60-54(39-47)53-22-10-14-26-59(53)64-60)45-31-27-41(28-32-45)42-29-33-46(34-30-42)63-57-24-12-8-20-51(57)52-21-9-13-25-58(52)63/h1-40H. The second-order valence-corrected chi connectivity index (χ2v) is 17.9. The van der Waals surface area contributed by atoms with Gasteiger partial charge in [-0.2, -0.15) is 0 Å². The summed E-state index contributed by atoms with van der Waals surface area (Å²) in [6, 6.07) is 89.6. The van der Waals surface area contributed by atoms with E-state index in [1.807, 2.05) is 11.3 Å². The molecule has 10 aromatic carbocycles. The van der Waals surface area contributed by atoms with Crippen LogP contribution in [-0.2, 0) is 5.41 Å². The Morgan fingerprint density at radius 2 is 0.844 bits per heavy atom. The van der Waals surface area contributed by atoms with E-state index in [0.717, 1.165) is 22.7 Å². The number of hydrogen-bond donors (Lipinski definition) is 0. The Morgan fingerprint density at radius 1 is 0.344 bits per heavy atom. The fourth-order valence-electron chi connectivity index (χ4n) is 10.7. The van der Waals surface area contributed by atoms with E-state index >= 15 is 0 Å². The number of rotatable bonds is 7. The lowest BCUT2D eigenvalue weighted by Gasteiger charge is -2.35. The van der Waals surface area contributed by atoms with Crippen molar-refractivity contribution >= 4 is 70.4 Å². The number of nitrogens with zero attached hydrogens (tertiary/aromatic N) is 2. The van der Waals surface area contributed by atoms with Crippen molar-refractivity contribution in [3.05, 3.63) is 265 Å². The van der Waals surface area contributed by atoms with Gasteiger partial charge in [0.2, 0.25) is 0 Å². The van der Waals surface area contributed by atoms with Gasteiger partial charge in [-0.1, -0.05) is 170 Å². The molecule has 0 bridgehead atoms. The summed E-state index contributed by atoms with van der Waals surface area (Å²) in [5.74, 6) is 0. The fourth-order valence-corrected chi connectivity index (χ4v) is 11.8. The molecule has 1 aliphatic rings. The fraction of sp³-hybridized carbons (Fsp3) is 0.0164. The third kappa shape index (κ3) is 5.51. The molecule has 12 aromatic rings. The van der Waals surface area contributed by atoms with Crippen molar-refractivity contribution in [3.63, 3.8) is 0 Å². The van der Waals surface area contributed by atoms with Gasteiger partial charge in [0, 0.05) is 53.7 Å². The van der Waals surface area contributed by atoms with Gasteiger partial charge in [0.1, 0.15) is 0 Å². The van der Waals surface area contributed by atoms with E-state index in [1.165, 1.54) is 86.5 Å². The van der Waals surface area contributed by atoms with Crippen LogP contribution < -0.4 is 4.90 Å². The van der Waals surface area contributed by atoms with E-state index in [0.29, 0.717) is 0 Å². The molecule has 13 rings (SSSR count). The van der Waals surface area contributed by atoms with Gasteiger partial charge in [0.25, 0.3) is 0 Å². The first kappa shape index (κ1) is 36.7. The Bertz CT molecular complexity index is 3620. The second-order valence-electron chi connectivity index (χ2n) is 16.8. The minimum atomic E-state index is -0.501. The molecule has 2 nitrogen and oxygen atoms in total. The van der Waals surface area contributed by atoms with Gasteiger partial charge in [0.05, 0.1) is 16.4 Å². The van der Waals surface area contributed by atoms with Crippen LogP contribution >= 0.6 is 11.3 Å². The number of fused-ring (bicyclic) bond motifs is 9. The molecule has 0 spiro atoms. The lowest BCUT2D eigenvalue weighted by atomic mass is 9.67. The predicted molar refractivity (Wildman–Crippen MR) is 271 cm³/mol. The zero-order valence-electron chi connectivity index (χ0n) is 34.9. The zero-order valence-corrected chi connectivity index (χ0v) is 35.7. The largest absolute Gasteiger partial charge is 0.310 e. The number of thiophene rings is 1. The van der Waals surface area contributed by atoms with Crippen LogP contribution in [-0.4, -0.2) is 4.57 Å². The number of anilines is 3. The van der Waals surface area contributed by atoms with Gasteiger partial charge >= 0.3 is 0 Å². The van der Waals surface area contributed by atoms with Gasteiger partial charge in [-0.15, -0.1) is 11.3 Å². The molecule has 0 saturated carbocycles. The van der Waals surface area contributed by atoms with Crippen molar-refractivity contribution in [1.82, 2.24) is 4.57 Å². The average molecular weight is 833 g/mol. The summed E-state index contributed by atoms with van der Waals surface area (Å²) in [7, 11) is 0. The maximum Gasteiger partial charge on any atom is 0.0714 e. The van der Waals surface area contributed by atoms with Crippen molar-refractivity contribution in [3.8, 4) is 27.9 Å². The number of benzene rings is 10. The molecule has 0 N–H and O–H groups in total. The minimum absolute atomic E-state index is 0.501. The maximum absolute atomic E-state index is 2.46. The summed E-state index contributed by atoms with van der Waals surface area (Å²) in [4.78, 5) is 2.45. The Hall–Kier alpha value is -7.98. The van der Waals surface area contributed by atoms with E-state index in [4.69, 9.17) is 0 Å². The molecule has 0 aliphatic heterocycles. The first-order valence-electron chi connectivity index (χ1n) is 22.0. The normalized spacial score (nSPS) is 12.8. The summed E-state index contributed by atoms with van der Waals surface area (Å²) >= 11 is 1.86. The van der Waals surface area contributed by atoms with Crippen LogP contribution in [0.5, 0.6) is 0 Å². The molecule has 0 unspecified atom stereocenters. The van der Waals surface area contributed by atoms with Crippen LogP contribution in [0, 0.1) is 0 Å². The molecule has 0 radical (unpaired) electrons. The van der Waals surface area contributed by atoms with Crippen molar-refractivity contribution in [2.45, 2.75) is 5.41 Å². The van der Waals surface area contributed by atoms with Crippen LogP contribution in [0.25, 0.3) is 69.9 Å². The van der Waals surface area contributed by atoms with Crippen molar-refractivity contribution < 1.29 is 0 Å². The van der Waals surface area contributed by atoms with Crippen LogP contribution in [0.3, 0.4) is 0 Å². The lowest BCUT2D eigenvalue weighted by Crippen LogP contribution is -2.28. The quantitative estimate of drug-likeness (QED) is 0.155. The van der Waals surface area contributed by atoms with Crippen molar-refractivity contribution in [2.75, 3.05) is 4.90 Å². The van der Waals surface area contributed by atoms with Gasteiger partial charge in [-0.25, -0.2) is 0 Å². The van der Waals surface area contributed by atoms with Gasteiger partial charge in [-0.05, 0) is 117 Å².